The second-order valence-corrected chi connectivity index (χ2v) is 4.76. The van der Waals surface area contributed by atoms with Gasteiger partial charge in [0.15, 0.2) is 0 Å². The average molecular weight is 308 g/mol. The van der Waals surface area contributed by atoms with E-state index in [4.69, 9.17) is 0 Å². The Morgan fingerprint density at radius 3 is 2.35 bits per heavy atom. The van der Waals surface area contributed by atoms with E-state index in [1.54, 1.807) is 35.1 Å². The molecule has 1 N–H and O–H groups in total. The maximum absolute atomic E-state index is 12.2. The van der Waals surface area contributed by atoms with Crippen molar-refractivity contribution in [1.82, 2.24) is 9.78 Å². The molecule has 0 atom stereocenters. The Labute approximate surface area is 131 Å². The summed E-state index contributed by atoms with van der Waals surface area (Å²) >= 11 is 0. The molecule has 0 spiro atoms. The molecule has 0 aliphatic rings. The number of rotatable bonds is 4. The van der Waals surface area contributed by atoms with Gasteiger partial charge in [-0.25, -0.2) is 4.68 Å². The Kier molecular flexibility index (Phi) is 3.84. The molecule has 3 rings (SSSR count). The number of nitrogens with zero attached hydrogens (tertiary/aromatic N) is 3. The van der Waals surface area contributed by atoms with Gasteiger partial charge in [0.25, 0.3) is 11.6 Å². The first-order valence-electron chi connectivity index (χ1n) is 6.79. The Balaban J connectivity index is 1.71. The van der Waals surface area contributed by atoms with Crippen LogP contribution in [0, 0.1) is 10.1 Å². The fraction of sp³-hybridized carbons (Fsp3) is 0. The molecule has 0 fully saturated rings. The van der Waals surface area contributed by atoms with Crippen molar-refractivity contribution in [2.24, 2.45) is 0 Å². The molecular weight excluding hydrogens is 296 g/mol. The summed E-state index contributed by atoms with van der Waals surface area (Å²) in [5.74, 6) is -0.286. The molecule has 23 heavy (non-hydrogen) atoms. The molecule has 114 valence electrons. The lowest BCUT2D eigenvalue weighted by atomic mass is 10.2. The van der Waals surface area contributed by atoms with Crippen LogP contribution in [-0.2, 0) is 0 Å². The highest BCUT2D eigenvalue weighted by Gasteiger charge is 2.08. The Hall–Kier alpha value is -3.48. The summed E-state index contributed by atoms with van der Waals surface area (Å²) in [5, 5.41) is 17.4. The second-order valence-electron chi connectivity index (χ2n) is 4.76. The van der Waals surface area contributed by atoms with E-state index in [0.29, 0.717) is 11.3 Å². The maximum atomic E-state index is 12.2. The Morgan fingerprint density at radius 2 is 1.78 bits per heavy atom. The first kappa shape index (κ1) is 14.5. The third-order valence-electron chi connectivity index (χ3n) is 3.23. The van der Waals surface area contributed by atoms with Gasteiger partial charge in [0.1, 0.15) is 0 Å². The number of nitro groups is 1. The van der Waals surface area contributed by atoms with E-state index in [-0.39, 0.29) is 11.6 Å². The van der Waals surface area contributed by atoms with Gasteiger partial charge in [-0.3, -0.25) is 14.9 Å². The van der Waals surface area contributed by atoms with Crippen LogP contribution in [0.1, 0.15) is 10.4 Å². The molecule has 0 radical (unpaired) electrons. The predicted molar refractivity (Wildman–Crippen MR) is 84.6 cm³/mol. The van der Waals surface area contributed by atoms with Gasteiger partial charge in [-0.15, -0.1) is 0 Å². The highest BCUT2D eigenvalue weighted by Crippen LogP contribution is 2.16. The fourth-order valence-electron chi connectivity index (χ4n) is 2.06. The van der Waals surface area contributed by atoms with Crippen molar-refractivity contribution in [2.75, 3.05) is 5.32 Å². The predicted octanol–water partition coefficient (Wildman–Crippen LogP) is 3.03. The molecule has 1 amide bonds. The second kappa shape index (κ2) is 6.10. The van der Waals surface area contributed by atoms with Crippen LogP contribution in [0.2, 0.25) is 0 Å². The van der Waals surface area contributed by atoms with Gasteiger partial charge in [0.2, 0.25) is 0 Å². The summed E-state index contributed by atoms with van der Waals surface area (Å²) in [5.41, 5.74) is 1.81. The summed E-state index contributed by atoms with van der Waals surface area (Å²) in [7, 11) is 0. The van der Waals surface area contributed by atoms with Crippen LogP contribution >= 0.6 is 0 Å². The summed E-state index contributed by atoms with van der Waals surface area (Å²) in [6.45, 7) is 0. The van der Waals surface area contributed by atoms with Crippen molar-refractivity contribution in [2.45, 2.75) is 0 Å². The number of aromatic nitrogens is 2. The zero-order valence-electron chi connectivity index (χ0n) is 11.9. The Morgan fingerprint density at radius 1 is 1.09 bits per heavy atom. The van der Waals surface area contributed by atoms with E-state index < -0.39 is 4.92 Å². The number of carbonyl (C=O) groups is 1. The van der Waals surface area contributed by atoms with Gasteiger partial charge in [0, 0.05) is 35.8 Å². The minimum absolute atomic E-state index is 0.0217. The van der Waals surface area contributed by atoms with Crippen LogP contribution in [-0.4, -0.2) is 20.6 Å². The number of hydrogen-bond donors (Lipinski definition) is 1. The highest BCUT2D eigenvalue weighted by atomic mass is 16.6. The van der Waals surface area contributed by atoms with Crippen LogP contribution in [0.4, 0.5) is 11.4 Å². The topological polar surface area (TPSA) is 90.1 Å². The van der Waals surface area contributed by atoms with Crippen LogP contribution in [0.25, 0.3) is 5.69 Å². The lowest BCUT2D eigenvalue weighted by Crippen LogP contribution is -2.11. The normalized spacial score (nSPS) is 10.3. The Bertz CT molecular complexity index is 825. The molecule has 2 aromatic carbocycles. The molecule has 3 aromatic rings. The minimum atomic E-state index is -0.486. The zero-order valence-corrected chi connectivity index (χ0v) is 11.9. The third-order valence-corrected chi connectivity index (χ3v) is 3.23. The molecule has 0 unspecified atom stereocenters. The van der Waals surface area contributed by atoms with E-state index in [1.807, 2.05) is 12.3 Å². The summed E-state index contributed by atoms with van der Waals surface area (Å²) in [4.78, 5) is 22.3. The number of amides is 1. The van der Waals surface area contributed by atoms with E-state index in [1.165, 1.54) is 24.3 Å². The largest absolute Gasteiger partial charge is 0.322 e. The van der Waals surface area contributed by atoms with Crippen LogP contribution in [0.5, 0.6) is 0 Å². The smallest absolute Gasteiger partial charge is 0.269 e. The number of nitro benzene ring substituents is 1. The molecule has 0 aliphatic carbocycles. The van der Waals surface area contributed by atoms with Crippen molar-refractivity contribution in [3.8, 4) is 5.69 Å². The summed E-state index contributed by atoms with van der Waals surface area (Å²) in [6.07, 6.45) is 3.49. The van der Waals surface area contributed by atoms with Crippen LogP contribution < -0.4 is 5.32 Å². The zero-order chi connectivity index (χ0) is 16.2. The molecule has 0 saturated carbocycles. The molecular formula is C16H12N4O3. The van der Waals surface area contributed by atoms with Gasteiger partial charge in [0.05, 0.1) is 10.6 Å². The highest BCUT2D eigenvalue weighted by molar-refractivity contribution is 6.04. The van der Waals surface area contributed by atoms with Crippen molar-refractivity contribution in [1.29, 1.82) is 0 Å². The van der Waals surface area contributed by atoms with E-state index >= 15 is 0 Å². The van der Waals surface area contributed by atoms with E-state index in [2.05, 4.69) is 10.4 Å². The van der Waals surface area contributed by atoms with Crippen molar-refractivity contribution in [3.63, 3.8) is 0 Å². The quantitative estimate of drug-likeness (QED) is 0.592. The molecule has 7 nitrogen and oxygen atoms in total. The van der Waals surface area contributed by atoms with Gasteiger partial charge in [-0.05, 0) is 42.5 Å². The maximum Gasteiger partial charge on any atom is 0.269 e. The summed E-state index contributed by atoms with van der Waals surface area (Å²) in [6, 6.07) is 14.5. The van der Waals surface area contributed by atoms with Gasteiger partial charge in [-0.1, -0.05) is 0 Å². The molecule has 0 bridgehead atoms. The molecule has 7 heteroatoms. The van der Waals surface area contributed by atoms with Crippen molar-refractivity contribution in [3.05, 3.63) is 82.7 Å². The number of carbonyl (C=O) groups excluding carboxylic acids is 1. The number of anilines is 1. The lowest BCUT2D eigenvalue weighted by molar-refractivity contribution is -0.384. The standard InChI is InChI=1S/C16H12N4O3/c21-16(18-13-4-8-15(9-5-13)20(22)23)12-2-6-14(7-3-12)19-11-1-10-17-19/h1-11H,(H,18,21). The number of non-ortho nitro benzene ring substituents is 1. The number of hydrogen-bond acceptors (Lipinski definition) is 4. The molecule has 0 saturated heterocycles. The number of nitrogens with one attached hydrogen (secondary N) is 1. The first-order chi connectivity index (χ1) is 11.1. The van der Waals surface area contributed by atoms with Gasteiger partial charge >= 0.3 is 0 Å². The van der Waals surface area contributed by atoms with Crippen LogP contribution in [0.15, 0.2) is 67.0 Å². The van der Waals surface area contributed by atoms with Crippen molar-refractivity contribution < 1.29 is 9.72 Å². The molecule has 0 aliphatic heterocycles. The minimum Gasteiger partial charge on any atom is -0.322 e. The van der Waals surface area contributed by atoms with E-state index in [9.17, 15) is 14.9 Å². The van der Waals surface area contributed by atoms with Gasteiger partial charge < -0.3 is 5.32 Å². The lowest BCUT2D eigenvalue weighted by Gasteiger charge is -2.06. The van der Waals surface area contributed by atoms with E-state index in [0.717, 1.165) is 5.69 Å². The van der Waals surface area contributed by atoms with Crippen LogP contribution in [0.3, 0.4) is 0 Å². The summed E-state index contributed by atoms with van der Waals surface area (Å²) < 4.78 is 1.69. The number of benzene rings is 2. The van der Waals surface area contributed by atoms with Crippen molar-refractivity contribution >= 4 is 17.3 Å². The SMILES string of the molecule is O=C(Nc1ccc([N+](=O)[O-])cc1)c1ccc(-n2cccn2)cc1. The molecule has 1 aromatic heterocycles. The van der Waals surface area contributed by atoms with Gasteiger partial charge in [-0.2, -0.15) is 5.10 Å². The first-order valence-corrected chi connectivity index (χ1v) is 6.79. The average Bonchev–Trinajstić information content (AvgIpc) is 3.10. The third kappa shape index (κ3) is 3.24. The monoisotopic (exact) mass is 308 g/mol. The molecule has 1 heterocycles. The fourth-order valence-corrected chi connectivity index (χ4v) is 2.06.